The summed E-state index contributed by atoms with van der Waals surface area (Å²) in [7, 11) is -6.79. The van der Waals surface area contributed by atoms with Gasteiger partial charge in [-0.1, -0.05) is 35.3 Å². The maximum atomic E-state index is 12.7. The Hall–Kier alpha value is -5.32. The van der Waals surface area contributed by atoms with Crippen LogP contribution in [-0.2, 0) is 26.2 Å². The number of nitrogens with zero attached hydrogens (tertiary/aromatic N) is 4. The first-order valence-corrected chi connectivity index (χ1v) is 17.4. The molecule has 24 heteroatoms. The van der Waals surface area contributed by atoms with Crippen LogP contribution in [0.4, 0.5) is 29.6 Å². The highest BCUT2D eigenvalue weighted by molar-refractivity contribution is 7.90. The van der Waals surface area contributed by atoms with Gasteiger partial charge in [-0.15, -0.1) is 0 Å². The number of ether oxygens (including phenoxy) is 2. The Bertz CT molecular complexity index is 2210. The van der Waals surface area contributed by atoms with Crippen molar-refractivity contribution in [3.63, 3.8) is 0 Å². The number of sulfonamides is 2. The van der Waals surface area contributed by atoms with E-state index in [9.17, 15) is 49.7 Å². The number of hydrogen-bond donors (Lipinski definition) is 3. The van der Waals surface area contributed by atoms with E-state index in [2.05, 4.69) is 20.3 Å². The number of alkyl halides is 3. The minimum atomic E-state index is -4.62. The Kier molecular flexibility index (Phi) is 12.7. The molecule has 17 nitrogen and oxygen atoms in total. The number of carbonyl (C=O) groups is 2. The summed E-state index contributed by atoms with van der Waals surface area (Å²) in [6.07, 6.45) is -3.94. The maximum absolute atomic E-state index is 12.7. The fraction of sp³-hybridized carbons (Fsp3) is 0.148. The zero-order valence-corrected chi connectivity index (χ0v) is 29.0. The fourth-order valence-electron chi connectivity index (χ4n) is 3.60. The van der Waals surface area contributed by atoms with Gasteiger partial charge >= 0.3 is 18.2 Å². The van der Waals surface area contributed by atoms with Crippen LogP contribution in [0.1, 0.15) is 21.7 Å². The molecule has 0 unspecified atom stereocenters. The third-order valence-electron chi connectivity index (χ3n) is 5.66. The normalized spacial score (nSPS) is 11.4. The van der Waals surface area contributed by atoms with E-state index in [0.717, 1.165) is 24.3 Å². The molecule has 0 aliphatic heterocycles. The van der Waals surface area contributed by atoms with Gasteiger partial charge in [0.05, 0.1) is 33.9 Å². The van der Waals surface area contributed by atoms with E-state index < -0.39 is 64.9 Å². The molecule has 4 rings (SSSR count). The smallest absolute Gasteiger partial charge is 0.416 e. The lowest BCUT2D eigenvalue weighted by atomic mass is 10.1. The summed E-state index contributed by atoms with van der Waals surface area (Å²) in [5.41, 5.74) is -2.34. The molecule has 0 saturated heterocycles. The number of anilines is 1. The van der Waals surface area contributed by atoms with E-state index >= 15 is 0 Å². The summed E-state index contributed by atoms with van der Waals surface area (Å²) in [4.78, 5) is 45.2. The first-order chi connectivity index (χ1) is 23.6. The Morgan fingerprint density at radius 2 is 1.59 bits per heavy atom. The molecule has 0 aliphatic rings. The summed E-state index contributed by atoms with van der Waals surface area (Å²) in [5.74, 6) is -1.54. The summed E-state index contributed by atoms with van der Waals surface area (Å²) in [6, 6.07) is 9.76. The monoisotopic (exact) mass is 795 g/mol. The first kappa shape index (κ1) is 40.1. The van der Waals surface area contributed by atoms with Crippen molar-refractivity contribution in [3.05, 3.63) is 97.8 Å². The molecular weight excluding hydrogens is 774 g/mol. The number of benzene rings is 3. The summed E-state index contributed by atoms with van der Waals surface area (Å²) >= 11 is 11.6. The van der Waals surface area contributed by atoms with Gasteiger partial charge < -0.3 is 9.47 Å². The van der Waals surface area contributed by atoms with Gasteiger partial charge in [-0.3, -0.25) is 20.2 Å². The predicted molar refractivity (Wildman–Crippen MR) is 174 cm³/mol. The third-order valence-corrected chi connectivity index (χ3v) is 8.34. The van der Waals surface area contributed by atoms with Crippen LogP contribution in [0.25, 0.3) is 0 Å². The van der Waals surface area contributed by atoms with Gasteiger partial charge in [0.2, 0.25) is 16.0 Å². The standard InChI is InChI=1S/C15H10ClF3N2O6S.C12H12ClN5O4S/c1-28(25,26)20-14(22)10-7-9(3-4-12(10)21(23)24)27-13-5-2-8(6-11(13)16)15(17,18)19;1-7-14-10(17-12(15-7)22-2)16-11(19)18-23(20,21)9-6-4-3-5-8(9)13/h2-7H,1H3,(H,20,22);3-6H,1-2H3,(H2,14,15,16,17,18,19). The SMILES string of the molecule is COc1nc(C)nc(NC(=O)NS(=O)(=O)c2ccccc2Cl)n1.CS(=O)(=O)NC(=O)c1cc(Oc2ccc(C(F)(F)F)cc2Cl)ccc1[N+](=O)[O-]. The number of methoxy groups -OCH3 is 1. The Morgan fingerprint density at radius 1 is 0.922 bits per heavy atom. The number of amides is 3. The molecule has 1 heterocycles. The van der Waals surface area contributed by atoms with Crippen LogP contribution in [-0.4, -0.2) is 62.0 Å². The van der Waals surface area contributed by atoms with Crippen molar-refractivity contribution >= 4 is 66.8 Å². The Balaban J connectivity index is 0.000000281. The molecule has 0 radical (unpaired) electrons. The number of hydrogen-bond acceptors (Lipinski definition) is 13. The van der Waals surface area contributed by atoms with E-state index in [1.807, 2.05) is 4.72 Å². The van der Waals surface area contributed by atoms with Crippen molar-refractivity contribution in [3.8, 4) is 17.5 Å². The van der Waals surface area contributed by atoms with Crippen molar-refractivity contribution in [2.45, 2.75) is 18.0 Å². The highest BCUT2D eigenvalue weighted by Crippen LogP contribution is 2.37. The molecule has 3 aromatic carbocycles. The van der Waals surface area contributed by atoms with Crippen LogP contribution in [0, 0.1) is 17.0 Å². The number of aryl methyl sites for hydroxylation is 1. The molecule has 51 heavy (non-hydrogen) atoms. The molecule has 4 aromatic rings. The number of rotatable bonds is 9. The molecule has 0 fully saturated rings. The topological polar surface area (TPSA) is 239 Å². The molecule has 3 amide bonds. The quantitative estimate of drug-likeness (QED) is 0.148. The molecule has 0 aliphatic carbocycles. The number of halogens is 5. The largest absolute Gasteiger partial charge is 0.467 e. The van der Waals surface area contributed by atoms with E-state index in [1.54, 1.807) is 17.7 Å². The van der Waals surface area contributed by atoms with Gasteiger partial charge in [0, 0.05) is 12.1 Å². The van der Waals surface area contributed by atoms with Crippen LogP contribution in [0.15, 0.2) is 65.6 Å². The second-order valence-corrected chi connectivity index (χ2v) is 13.8. The average Bonchev–Trinajstić information content (AvgIpc) is 3.00. The molecular formula is C27H22Cl2F3N7O10S2. The lowest BCUT2D eigenvalue weighted by molar-refractivity contribution is -0.385. The van der Waals surface area contributed by atoms with E-state index in [-0.39, 0.29) is 33.4 Å². The molecule has 1 aromatic heterocycles. The zero-order valence-electron chi connectivity index (χ0n) is 25.9. The van der Waals surface area contributed by atoms with E-state index in [4.69, 9.17) is 32.7 Å². The fourth-order valence-corrected chi connectivity index (χ4v) is 5.70. The highest BCUT2D eigenvalue weighted by atomic mass is 35.5. The van der Waals surface area contributed by atoms with Crippen LogP contribution in [0.5, 0.6) is 17.5 Å². The number of nitrogens with one attached hydrogen (secondary N) is 3. The van der Waals surface area contributed by atoms with Gasteiger partial charge in [-0.05, 0) is 43.3 Å². The minimum absolute atomic E-state index is 0.00882. The molecule has 0 atom stereocenters. The summed E-state index contributed by atoms with van der Waals surface area (Å²) < 4.78 is 98.1. The van der Waals surface area contributed by atoms with E-state index in [1.165, 1.54) is 25.3 Å². The summed E-state index contributed by atoms with van der Waals surface area (Å²) in [5, 5.41) is 12.8. The second kappa shape index (κ2) is 16.1. The van der Waals surface area contributed by atoms with Gasteiger partial charge in [0.15, 0.2) is 0 Å². The van der Waals surface area contributed by atoms with Gasteiger partial charge in [-0.25, -0.2) is 31.1 Å². The highest BCUT2D eigenvalue weighted by Gasteiger charge is 2.31. The number of nitro groups is 1. The van der Waals surface area contributed by atoms with Gasteiger partial charge in [0.25, 0.3) is 21.6 Å². The lowest BCUT2D eigenvalue weighted by Crippen LogP contribution is -2.35. The van der Waals surface area contributed by atoms with Crippen LogP contribution >= 0.6 is 23.2 Å². The van der Waals surface area contributed by atoms with Crippen molar-refractivity contribution in [1.29, 1.82) is 0 Å². The van der Waals surface area contributed by atoms with Crippen molar-refractivity contribution in [2.75, 3.05) is 18.7 Å². The molecule has 0 bridgehead atoms. The van der Waals surface area contributed by atoms with Crippen LogP contribution < -0.4 is 24.2 Å². The molecule has 0 spiro atoms. The van der Waals surface area contributed by atoms with Gasteiger partial charge in [0.1, 0.15) is 27.8 Å². The number of carbonyl (C=O) groups excluding carboxylic acids is 2. The minimum Gasteiger partial charge on any atom is -0.467 e. The molecule has 3 N–H and O–H groups in total. The van der Waals surface area contributed by atoms with Crippen molar-refractivity contribution in [2.24, 2.45) is 0 Å². The van der Waals surface area contributed by atoms with Crippen molar-refractivity contribution in [1.82, 2.24) is 24.4 Å². The van der Waals surface area contributed by atoms with Crippen LogP contribution in [0.3, 0.4) is 0 Å². The van der Waals surface area contributed by atoms with Crippen molar-refractivity contribution < 1.29 is 54.0 Å². The second-order valence-electron chi connectivity index (χ2n) is 9.57. The Labute approximate surface area is 296 Å². The van der Waals surface area contributed by atoms with Gasteiger partial charge in [-0.2, -0.15) is 28.1 Å². The van der Waals surface area contributed by atoms with E-state index in [0.29, 0.717) is 24.2 Å². The average molecular weight is 797 g/mol. The maximum Gasteiger partial charge on any atom is 0.416 e. The molecule has 0 saturated carbocycles. The zero-order chi connectivity index (χ0) is 38.3. The Morgan fingerprint density at radius 3 is 2.16 bits per heavy atom. The predicted octanol–water partition coefficient (Wildman–Crippen LogP) is 5.10. The lowest BCUT2D eigenvalue weighted by Gasteiger charge is -2.12. The molecule has 272 valence electrons. The number of nitro benzene ring substituents is 1. The number of urea groups is 1. The third kappa shape index (κ3) is 11.6. The van der Waals surface area contributed by atoms with Crippen LogP contribution in [0.2, 0.25) is 10.0 Å². The first-order valence-electron chi connectivity index (χ1n) is 13.3. The number of aromatic nitrogens is 3. The summed E-state index contributed by atoms with van der Waals surface area (Å²) in [6.45, 7) is 1.56.